The van der Waals surface area contributed by atoms with Gasteiger partial charge in [0, 0.05) is 235 Å². The van der Waals surface area contributed by atoms with E-state index < -0.39 is 0 Å². The van der Waals surface area contributed by atoms with Gasteiger partial charge in [0.25, 0.3) is 0 Å². The average molecular weight is 1620 g/mol. The third-order valence-electron chi connectivity index (χ3n) is 16.7. The van der Waals surface area contributed by atoms with E-state index in [2.05, 4.69) is 216 Å². The summed E-state index contributed by atoms with van der Waals surface area (Å²) in [4.78, 5) is 82.2. The van der Waals surface area contributed by atoms with Gasteiger partial charge in [0.2, 0.25) is 0 Å². The first kappa shape index (κ1) is 70.7. The maximum Gasteiger partial charge on any atom is 0.119 e. The minimum Gasteiger partial charge on any atom is -0.254 e. The smallest absolute Gasteiger partial charge is 0.119 e. The van der Waals surface area contributed by atoms with Crippen LogP contribution in [0.25, 0.3) is 164 Å². The number of aromatic nitrogens is 19. The van der Waals surface area contributed by atoms with Gasteiger partial charge in [-0.25, -0.2) is 0 Å². The number of hydrogen-bond acceptors (Lipinski definition) is 19. The first-order chi connectivity index (χ1) is 50.6. The summed E-state index contributed by atoms with van der Waals surface area (Å²) in [6.45, 7) is 0. The van der Waals surface area contributed by atoms with Crippen molar-refractivity contribution in [1.82, 2.24) is 94.7 Å². The van der Waals surface area contributed by atoms with E-state index in [1.54, 1.807) is 118 Å². The summed E-state index contributed by atoms with van der Waals surface area (Å²) in [7, 11) is 0. The average Bonchev–Trinajstić information content (AvgIpc) is 0.749. The standard InChI is InChI=1S/C12H6N6.5C12H8N2.C11H7N3.3Ru/c1-2-14-8-7(13-1)9-11(17-4-3-15-9)12-10(8)16-5-6-18-12;5*1-3-9-5-6-10-4-2-8-14-12(10)11(9)13-7-1;1-2-8-3-4-9-11(10(8)13-5-1)14-7-6-12-9;;;/h1-6H;5*1-8H;1-7H;;;. The summed E-state index contributed by atoms with van der Waals surface area (Å²) in [5.74, 6) is 0. The summed E-state index contributed by atoms with van der Waals surface area (Å²) < 4.78 is 0. The Balaban J connectivity index is 0.000000108. The van der Waals surface area contributed by atoms with Gasteiger partial charge in [-0.1, -0.05) is 133 Å². The van der Waals surface area contributed by atoms with Crippen molar-refractivity contribution in [3.05, 3.63) is 324 Å². The molecule has 15 aromatic heterocycles. The molecule has 504 valence electrons. The zero-order valence-corrected chi connectivity index (χ0v) is 60.4. The molecule has 0 unspecified atom stereocenters. The Kier molecular flexibility index (Phi) is 22.5. The first-order valence-corrected chi connectivity index (χ1v) is 32.5. The summed E-state index contributed by atoms with van der Waals surface area (Å²) in [6, 6.07) is 68.6. The van der Waals surface area contributed by atoms with Crippen LogP contribution in [-0.4, -0.2) is 94.7 Å². The molecular formula is C83H53N19Ru3. The topological polar surface area (TPSA) is 245 Å². The van der Waals surface area contributed by atoms with Crippen molar-refractivity contribution in [2.24, 2.45) is 0 Å². The van der Waals surface area contributed by atoms with Gasteiger partial charge >= 0.3 is 0 Å². The van der Waals surface area contributed by atoms with E-state index in [-0.39, 0.29) is 58.4 Å². The van der Waals surface area contributed by atoms with E-state index in [0.717, 1.165) is 131 Å². The van der Waals surface area contributed by atoms with Crippen LogP contribution in [-0.2, 0) is 58.4 Å². The van der Waals surface area contributed by atoms with Crippen molar-refractivity contribution >= 4 is 164 Å². The van der Waals surface area contributed by atoms with Crippen LogP contribution >= 0.6 is 0 Å². The number of benzene rings is 7. The normalized spacial score (nSPS) is 10.6. The van der Waals surface area contributed by atoms with Gasteiger partial charge in [0.1, 0.15) is 38.6 Å². The van der Waals surface area contributed by atoms with Gasteiger partial charge in [-0.15, -0.1) is 0 Å². The van der Waals surface area contributed by atoms with Crippen LogP contribution in [0.1, 0.15) is 0 Å². The second-order valence-electron chi connectivity index (χ2n) is 22.9. The molecule has 22 heteroatoms. The Bertz CT molecular complexity index is 5400. The summed E-state index contributed by atoms with van der Waals surface area (Å²) in [5, 5.41) is 12.5. The van der Waals surface area contributed by atoms with E-state index in [1.807, 2.05) is 84.9 Å². The van der Waals surface area contributed by atoms with Gasteiger partial charge in [-0.2, -0.15) is 0 Å². The van der Waals surface area contributed by atoms with Crippen molar-refractivity contribution < 1.29 is 58.4 Å². The quantitative estimate of drug-likeness (QED) is 0.101. The van der Waals surface area contributed by atoms with E-state index in [0.29, 0.717) is 33.1 Å². The number of pyridine rings is 11. The fourth-order valence-electron chi connectivity index (χ4n) is 12.0. The Labute approximate surface area is 636 Å². The Hall–Kier alpha value is -12.7. The van der Waals surface area contributed by atoms with Crippen LogP contribution in [0.5, 0.6) is 0 Å². The molecule has 22 aromatic rings. The zero-order valence-electron chi connectivity index (χ0n) is 55.2. The molecule has 15 heterocycles. The number of rotatable bonds is 0. The fraction of sp³-hybridized carbons (Fsp3) is 0. The van der Waals surface area contributed by atoms with Gasteiger partial charge in [-0.3, -0.25) is 94.7 Å². The van der Waals surface area contributed by atoms with E-state index in [9.17, 15) is 0 Å². The van der Waals surface area contributed by atoms with E-state index in [1.165, 1.54) is 0 Å². The van der Waals surface area contributed by atoms with Gasteiger partial charge in [0.05, 0.1) is 66.2 Å². The molecule has 0 atom stereocenters. The molecule has 0 aliphatic carbocycles. The third-order valence-corrected chi connectivity index (χ3v) is 16.7. The van der Waals surface area contributed by atoms with Crippen molar-refractivity contribution in [3.8, 4) is 0 Å². The monoisotopic (exact) mass is 1620 g/mol. The predicted molar refractivity (Wildman–Crippen MR) is 406 cm³/mol. The van der Waals surface area contributed by atoms with Crippen LogP contribution < -0.4 is 0 Å². The molecular weight excluding hydrogens is 1570 g/mol. The minimum absolute atomic E-state index is 0. The molecule has 22 rings (SSSR count). The summed E-state index contributed by atoms with van der Waals surface area (Å²) >= 11 is 0. The maximum absolute atomic E-state index is 4.35. The Morgan fingerprint density at radius 1 is 0.105 bits per heavy atom. The second kappa shape index (κ2) is 33.4. The number of nitrogens with zero attached hydrogens (tertiary/aromatic N) is 19. The molecule has 0 saturated carbocycles. The van der Waals surface area contributed by atoms with Gasteiger partial charge in [0.15, 0.2) is 0 Å². The van der Waals surface area contributed by atoms with Crippen LogP contribution in [0, 0.1) is 0 Å². The second-order valence-corrected chi connectivity index (χ2v) is 22.9. The summed E-state index contributed by atoms with van der Waals surface area (Å²) in [6.07, 6.45) is 33.0. The SMILES string of the molecule is [Ru].[Ru].[Ru].c1cnc2c(c1)ccc1cccnc12.c1cnc2c(c1)ccc1cccnc12.c1cnc2c(c1)ccc1cccnc12.c1cnc2c(c1)ccc1cccnc12.c1cnc2c(c1)ccc1cccnc12.c1cnc2c(c1)ccc1nccnc12.c1cnc2c(n1)c1nccnc1c1nccnc21. The first-order valence-electron chi connectivity index (χ1n) is 32.5. The van der Waals surface area contributed by atoms with Gasteiger partial charge < -0.3 is 0 Å². The fourth-order valence-corrected chi connectivity index (χ4v) is 12.0. The largest absolute Gasteiger partial charge is 0.254 e. The zero-order chi connectivity index (χ0) is 68.2. The number of hydrogen-bond donors (Lipinski definition) is 0. The molecule has 0 aliphatic heterocycles. The maximum atomic E-state index is 4.35. The van der Waals surface area contributed by atoms with Crippen LogP contribution in [0.4, 0.5) is 0 Å². The van der Waals surface area contributed by atoms with E-state index >= 15 is 0 Å². The van der Waals surface area contributed by atoms with Crippen molar-refractivity contribution in [3.63, 3.8) is 0 Å². The molecule has 0 N–H and O–H groups in total. The Morgan fingerprint density at radius 2 is 0.229 bits per heavy atom. The van der Waals surface area contributed by atoms with Crippen LogP contribution in [0.3, 0.4) is 0 Å². The molecule has 0 saturated heterocycles. The number of fused-ring (bicyclic) bond motifs is 24. The molecule has 7 aromatic carbocycles. The van der Waals surface area contributed by atoms with Crippen molar-refractivity contribution in [2.75, 3.05) is 0 Å². The van der Waals surface area contributed by atoms with Crippen LogP contribution in [0.15, 0.2) is 324 Å². The molecule has 0 aliphatic rings. The predicted octanol–water partition coefficient (Wildman–Crippen LogP) is 17.6. The Morgan fingerprint density at radius 3 is 0.400 bits per heavy atom. The molecule has 0 amide bonds. The van der Waals surface area contributed by atoms with Gasteiger partial charge in [-0.05, 0) is 72.8 Å². The molecule has 0 bridgehead atoms. The molecule has 0 spiro atoms. The van der Waals surface area contributed by atoms with Crippen molar-refractivity contribution in [2.45, 2.75) is 0 Å². The van der Waals surface area contributed by atoms with Crippen LogP contribution in [0.2, 0.25) is 0 Å². The molecule has 19 nitrogen and oxygen atoms in total. The van der Waals surface area contributed by atoms with E-state index in [4.69, 9.17) is 0 Å². The van der Waals surface area contributed by atoms with Crippen molar-refractivity contribution in [1.29, 1.82) is 0 Å². The molecule has 0 fully saturated rings. The minimum atomic E-state index is 0. The molecule has 105 heavy (non-hydrogen) atoms. The summed E-state index contributed by atoms with van der Waals surface area (Å²) in [5.41, 5.74) is 16.7. The third kappa shape index (κ3) is 15.3. The molecule has 0 radical (unpaired) electrons.